The number of nitrogens with zero attached hydrogens (tertiary/aromatic N) is 2. The predicted molar refractivity (Wildman–Crippen MR) is 62.5 cm³/mol. The van der Waals surface area contributed by atoms with Gasteiger partial charge in [0.1, 0.15) is 0 Å². The highest BCUT2D eigenvalue weighted by atomic mass is 16.5. The van der Waals surface area contributed by atoms with Crippen LogP contribution in [0.2, 0.25) is 0 Å². The Morgan fingerprint density at radius 2 is 2.44 bits per heavy atom. The molecule has 5 nitrogen and oxygen atoms in total. The zero-order valence-electron chi connectivity index (χ0n) is 9.85. The number of hydrogen-bond acceptors (Lipinski definition) is 4. The highest BCUT2D eigenvalue weighted by molar-refractivity contribution is 4.85. The Morgan fingerprint density at radius 3 is 3.06 bits per heavy atom. The summed E-state index contributed by atoms with van der Waals surface area (Å²) in [6.07, 6.45) is 2.67. The van der Waals surface area contributed by atoms with Crippen LogP contribution in [0.4, 0.5) is 0 Å². The lowest BCUT2D eigenvalue weighted by atomic mass is 10.3. The zero-order valence-corrected chi connectivity index (χ0v) is 9.85. The van der Waals surface area contributed by atoms with E-state index in [0.29, 0.717) is 13.2 Å². The van der Waals surface area contributed by atoms with Gasteiger partial charge in [-0.05, 0) is 19.0 Å². The van der Waals surface area contributed by atoms with E-state index >= 15 is 0 Å². The first kappa shape index (κ1) is 12.9. The molecule has 1 unspecified atom stereocenters. The highest BCUT2D eigenvalue weighted by Gasteiger charge is 2.09. The summed E-state index contributed by atoms with van der Waals surface area (Å²) in [6, 6.07) is 3.28. The van der Waals surface area contributed by atoms with E-state index in [1.807, 2.05) is 0 Å². The molecular formula is C11H19N3O2. The molecule has 0 spiro atoms. The summed E-state index contributed by atoms with van der Waals surface area (Å²) in [5.74, 6) is 0. The average molecular weight is 225 g/mol. The van der Waals surface area contributed by atoms with Crippen molar-refractivity contribution in [2.75, 3.05) is 20.3 Å². The molecule has 5 heteroatoms. The molecule has 0 aliphatic carbocycles. The van der Waals surface area contributed by atoms with Gasteiger partial charge < -0.3 is 10.1 Å². The van der Waals surface area contributed by atoms with Crippen molar-refractivity contribution in [1.82, 2.24) is 15.1 Å². The Balaban J connectivity index is 2.60. The molecule has 90 valence electrons. The Hall–Kier alpha value is -1.20. The third-order valence-corrected chi connectivity index (χ3v) is 2.23. The lowest BCUT2D eigenvalue weighted by Gasteiger charge is -2.17. The Bertz CT molecular complexity index is 351. The SMILES string of the molecule is CCCNC(COC)Cn1ncccc1=O. The number of nitrogens with one attached hydrogen (secondary N) is 1. The molecule has 1 heterocycles. The molecule has 1 aromatic heterocycles. The van der Waals surface area contributed by atoms with Crippen molar-refractivity contribution in [3.8, 4) is 0 Å². The molecule has 1 N–H and O–H groups in total. The molecule has 0 aliphatic heterocycles. The van der Waals surface area contributed by atoms with Crippen LogP contribution in [0.1, 0.15) is 13.3 Å². The molecular weight excluding hydrogens is 206 g/mol. The summed E-state index contributed by atoms with van der Waals surface area (Å²) in [5.41, 5.74) is -0.0816. The van der Waals surface area contributed by atoms with Crippen LogP contribution in [0.5, 0.6) is 0 Å². The fourth-order valence-corrected chi connectivity index (χ4v) is 1.46. The zero-order chi connectivity index (χ0) is 11.8. The summed E-state index contributed by atoms with van der Waals surface area (Å²) in [5, 5.41) is 7.34. The first-order chi connectivity index (χ1) is 7.77. The van der Waals surface area contributed by atoms with Crippen LogP contribution in [0, 0.1) is 0 Å². The third-order valence-electron chi connectivity index (χ3n) is 2.23. The maximum atomic E-state index is 11.5. The fourth-order valence-electron chi connectivity index (χ4n) is 1.46. The predicted octanol–water partition coefficient (Wildman–Crippen LogP) is 0.258. The first-order valence-electron chi connectivity index (χ1n) is 5.52. The molecule has 1 rings (SSSR count). The van der Waals surface area contributed by atoms with Gasteiger partial charge in [0.05, 0.1) is 19.2 Å². The van der Waals surface area contributed by atoms with Gasteiger partial charge in [0.25, 0.3) is 5.56 Å². The monoisotopic (exact) mass is 225 g/mol. The van der Waals surface area contributed by atoms with E-state index in [1.165, 1.54) is 10.7 Å². The molecule has 1 aromatic rings. The lowest BCUT2D eigenvalue weighted by molar-refractivity contribution is 0.156. The second kappa shape index (κ2) is 7.14. The number of hydrogen-bond donors (Lipinski definition) is 1. The van der Waals surface area contributed by atoms with E-state index in [0.717, 1.165) is 13.0 Å². The minimum absolute atomic E-state index is 0.0816. The van der Waals surface area contributed by atoms with Crippen LogP contribution in [-0.4, -0.2) is 36.1 Å². The Morgan fingerprint density at radius 1 is 1.62 bits per heavy atom. The second-order valence-corrected chi connectivity index (χ2v) is 3.65. The molecule has 0 aliphatic rings. The van der Waals surface area contributed by atoms with Crippen LogP contribution in [0.3, 0.4) is 0 Å². The van der Waals surface area contributed by atoms with Gasteiger partial charge in [-0.1, -0.05) is 6.92 Å². The summed E-state index contributed by atoms with van der Waals surface area (Å²) in [6.45, 7) is 4.12. The molecule has 16 heavy (non-hydrogen) atoms. The minimum atomic E-state index is -0.0816. The molecule has 0 radical (unpaired) electrons. The van der Waals surface area contributed by atoms with Gasteiger partial charge in [0, 0.05) is 19.4 Å². The summed E-state index contributed by atoms with van der Waals surface area (Å²) >= 11 is 0. The normalized spacial score (nSPS) is 12.6. The topological polar surface area (TPSA) is 56.1 Å². The van der Waals surface area contributed by atoms with E-state index in [2.05, 4.69) is 17.3 Å². The summed E-state index contributed by atoms with van der Waals surface area (Å²) in [7, 11) is 1.65. The van der Waals surface area contributed by atoms with Gasteiger partial charge >= 0.3 is 0 Å². The largest absolute Gasteiger partial charge is 0.383 e. The van der Waals surface area contributed by atoms with Gasteiger partial charge in [0.15, 0.2) is 0 Å². The quantitative estimate of drug-likeness (QED) is 0.723. The van der Waals surface area contributed by atoms with Gasteiger partial charge in [0.2, 0.25) is 0 Å². The Kier molecular flexibility index (Phi) is 5.74. The second-order valence-electron chi connectivity index (χ2n) is 3.65. The van der Waals surface area contributed by atoms with E-state index < -0.39 is 0 Å². The van der Waals surface area contributed by atoms with Crippen molar-refractivity contribution in [3.63, 3.8) is 0 Å². The molecule has 0 saturated heterocycles. The number of aromatic nitrogens is 2. The van der Waals surface area contributed by atoms with E-state index in [-0.39, 0.29) is 11.6 Å². The van der Waals surface area contributed by atoms with E-state index in [9.17, 15) is 4.79 Å². The molecule has 0 bridgehead atoms. The van der Waals surface area contributed by atoms with Crippen molar-refractivity contribution in [2.24, 2.45) is 0 Å². The van der Waals surface area contributed by atoms with Crippen molar-refractivity contribution in [3.05, 3.63) is 28.7 Å². The summed E-state index contributed by atoms with van der Waals surface area (Å²) in [4.78, 5) is 11.5. The smallest absolute Gasteiger partial charge is 0.266 e. The fraction of sp³-hybridized carbons (Fsp3) is 0.636. The molecule has 0 aromatic carbocycles. The molecule has 1 atom stereocenters. The first-order valence-corrected chi connectivity index (χ1v) is 5.52. The molecule has 0 saturated carbocycles. The number of methoxy groups -OCH3 is 1. The maximum absolute atomic E-state index is 11.5. The highest BCUT2D eigenvalue weighted by Crippen LogP contribution is 1.90. The van der Waals surface area contributed by atoms with E-state index in [1.54, 1.807) is 19.4 Å². The minimum Gasteiger partial charge on any atom is -0.383 e. The van der Waals surface area contributed by atoms with Crippen LogP contribution >= 0.6 is 0 Å². The standard InChI is InChI=1S/C11H19N3O2/c1-3-6-12-10(9-16-2)8-14-11(15)5-4-7-13-14/h4-5,7,10,12H,3,6,8-9H2,1-2H3. The lowest BCUT2D eigenvalue weighted by Crippen LogP contribution is -2.40. The Labute approximate surface area is 95.4 Å². The van der Waals surface area contributed by atoms with Crippen LogP contribution in [0.15, 0.2) is 23.1 Å². The van der Waals surface area contributed by atoms with Crippen LogP contribution < -0.4 is 10.9 Å². The van der Waals surface area contributed by atoms with Gasteiger partial charge in [-0.15, -0.1) is 0 Å². The average Bonchev–Trinajstić information content (AvgIpc) is 2.29. The van der Waals surface area contributed by atoms with Crippen molar-refractivity contribution < 1.29 is 4.74 Å². The number of ether oxygens (including phenoxy) is 1. The third kappa shape index (κ3) is 4.12. The van der Waals surface area contributed by atoms with Crippen LogP contribution in [0.25, 0.3) is 0 Å². The molecule has 0 amide bonds. The van der Waals surface area contributed by atoms with Crippen molar-refractivity contribution in [2.45, 2.75) is 25.9 Å². The van der Waals surface area contributed by atoms with E-state index in [4.69, 9.17) is 4.74 Å². The molecule has 0 fully saturated rings. The number of rotatable bonds is 7. The van der Waals surface area contributed by atoms with Gasteiger partial charge in [-0.3, -0.25) is 4.79 Å². The van der Waals surface area contributed by atoms with Crippen LogP contribution in [-0.2, 0) is 11.3 Å². The maximum Gasteiger partial charge on any atom is 0.266 e. The summed E-state index contributed by atoms with van der Waals surface area (Å²) < 4.78 is 6.56. The van der Waals surface area contributed by atoms with Crippen molar-refractivity contribution in [1.29, 1.82) is 0 Å². The van der Waals surface area contributed by atoms with Crippen molar-refractivity contribution >= 4 is 0 Å². The van der Waals surface area contributed by atoms with Gasteiger partial charge in [-0.2, -0.15) is 5.10 Å². The van der Waals surface area contributed by atoms with Gasteiger partial charge in [-0.25, -0.2) is 4.68 Å².